The zero-order chi connectivity index (χ0) is 19.6. The molecule has 1 aliphatic rings. The van der Waals surface area contributed by atoms with E-state index in [0.29, 0.717) is 12.0 Å². The van der Waals surface area contributed by atoms with Crippen LogP contribution in [0.2, 0.25) is 0 Å². The zero-order valence-electron chi connectivity index (χ0n) is 15.9. The Kier molecular flexibility index (Phi) is 5.13. The van der Waals surface area contributed by atoms with Crippen molar-refractivity contribution in [2.75, 3.05) is 6.54 Å². The molecule has 0 bridgehead atoms. The highest BCUT2D eigenvalue weighted by Gasteiger charge is 2.52. The summed E-state index contributed by atoms with van der Waals surface area (Å²) in [6.07, 6.45) is 1.20. The number of Topliss-reactive ketones (excluding diaryl/α,β-unsaturated/α-hetero) is 1. The maximum atomic E-state index is 13.2. The van der Waals surface area contributed by atoms with Crippen LogP contribution in [0.25, 0.3) is 0 Å². The van der Waals surface area contributed by atoms with Crippen molar-refractivity contribution >= 4 is 17.7 Å². The molecule has 0 saturated carbocycles. The number of rotatable bonds is 6. The van der Waals surface area contributed by atoms with E-state index in [1.165, 1.54) is 0 Å². The van der Waals surface area contributed by atoms with Crippen molar-refractivity contribution in [1.29, 1.82) is 0 Å². The first kappa shape index (κ1) is 18.8. The number of imide groups is 1. The van der Waals surface area contributed by atoms with Crippen molar-refractivity contribution in [3.05, 3.63) is 70.8 Å². The number of amides is 3. The number of ketones is 1. The second kappa shape index (κ2) is 7.35. The van der Waals surface area contributed by atoms with Crippen LogP contribution in [0.4, 0.5) is 4.79 Å². The van der Waals surface area contributed by atoms with Gasteiger partial charge in [-0.05, 0) is 43.0 Å². The van der Waals surface area contributed by atoms with E-state index in [-0.39, 0.29) is 18.2 Å². The molecule has 1 saturated heterocycles. The van der Waals surface area contributed by atoms with Crippen LogP contribution in [-0.4, -0.2) is 29.2 Å². The molecule has 1 atom stereocenters. The van der Waals surface area contributed by atoms with Gasteiger partial charge in [0.1, 0.15) is 5.54 Å². The maximum absolute atomic E-state index is 13.2. The van der Waals surface area contributed by atoms with Crippen molar-refractivity contribution in [1.82, 2.24) is 10.2 Å². The lowest BCUT2D eigenvalue weighted by molar-refractivity contribution is -0.131. The molecule has 0 aliphatic carbocycles. The fourth-order valence-electron chi connectivity index (χ4n) is 3.53. The molecule has 1 N–H and O–H groups in total. The van der Waals surface area contributed by atoms with Gasteiger partial charge in [-0.2, -0.15) is 0 Å². The van der Waals surface area contributed by atoms with Crippen molar-refractivity contribution in [2.24, 2.45) is 0 Å². The fourth-order valence-corrected chi connectivity index (χ4v) is 3.53. The number of aryl methyl sites for hydroxylation is 2. The molecular weight excluding hydrogens is 340 g/mol. The van der Waals surface area contributed by atoms with E-state index >= 15 is 0 Å². The van der Waals surface area contributed by atoms with E-state index in [2.05, 4.69) is 5.32 Å². The predicted octanol–water partition coefficient (Wildman–Crippen LogP) is 3.73. The molecule has 3 amide bonds. The number of carbonyl (C=O) groups excluding carboxylic acids is 3. The Bertz CT molecular complexity index is 892. The molecular formula is C22H24N2O3. The highest BCUT2D eigenvalue weighted by atomic mass is 16.2. The number of carbonyl (C=O) groups is 3. The van der Waals surface area contributed by atoms with Gasteiger partial charge >= 0.3 is 6.03 Å². The molecule has 0 aromatic heterocycles. The van der Waals surface area contributed by atoms with Gasteiger partial charge in [-0.3, -0.25) is 14.5 Å². The standard InChI is InChI=1S/C22H24N2O3/c1-4-12-22(18-8-6-5-7-9-18)20(26)24(21(27)23-22)14-19(25)17-11-10-15(2)16(3)13-17/h5-11,13H,4,12,14H2,1-3H3,(H,23,27)/t22-/m0/s1. The number of nitrogens with one attached hydrogen (secondary N) is 1. The van der Waals surface area contributed by atoms with Crippen LogP contribution in [0, 0.1) is 13.8 Å². The largest absolute Gasteiger partial charge is 0.325 e. The van der Waals surface area contributed by atoms with Gasteiger partial charge in [-0.25, -0.2) is 4.79 Å². The third kappa shape index (κ3) is 3.37. The number of urea groups is 1. The smallest absolute Gasteiger partial charge is 0.319 e. The SMILES string of the molecule is CCC[C@@]1(c2ccccc2)NC(=O)N(CC(=O)c2ccc(C)c(C)c2)C1=O. The van der Waals surface area contributed by atoms with Crippen LogP contribution in [0.1, 0.15) is 46.8 Å². The molecule has 2 aromatic carbocycles. The molecule has 140 valence electrons. The number of nitrogens with zero attached hydrogens (tertiary/aromatic N) is 1. The van der Waals surface area contributed by atoms with Crippen molar-refractivity contribution < 1.29 is 14.4 Å². The van der Waals surface area contributed by atoms with Gasteiger partial charge in [0.2, 0.25) is 0 Å². The summed E-state index contributed by atoms with van der Waals surface area (Å²) in [5.41, 5.74) is 2.24. The molecule has 2 aromatic rings. The van der Waals surface area contributed by atoms with E-state index in [0.717, 1.165) is 28.0 Å². The quantitative estimate of drug-likeness (QED) is 0.627. The number of benzene rings is 2. The zero-order valence-corrected chi connectivity index (χ0v) is 15.9. The topological polar surface area (TPSA) is 66.5 Å². The first-order chi connectivity index (χ1) is 12.9. The summed E-state index contributed by atoms with van der Waals surface area (Å²) in [5, 5.41) is 2.85. The van der Waals surface area contributed by atoms with E-state index < -0.39 is 11.6 Å². The Labute approximate surface area is 159 Å². The normalized spacial score (nSPS) is 19.3. The summed E-state index contributed by atoms with van der Waals surface area (Å²) in [5.74, 6) is -0.611. The summed E-state index contributed by atoms with van der Waals surface area (Å²) in [7, 11) is 0. The molecule has 27 heavy (non-hydrogen) atoms. The Hall–Kier alpha value is -2.95. The summed E-state index contributed by atoms with van der Waals surface area (Å²) in [4.78, 5) is 39.5. The number of hydrogen-bond donors (Lipinski definition) is 1. The molecule has 3 rings (SSSR count). The van der Waals surface area contributed by atoms with Crippen LogP contribution >= 0.6 is 0 Å². The lowest BCUT2D eigenvalue weighted by Crippen LogP contribution is -2.44. The molecule has 5 heteroatoms. The van der Waals surface area contributed by atoms with Gasteiger partial charge in [-0.1, -0.05) is 55.8 Å². The van der Waals surface area contributed by atoms with Gasteiger partial charge in [0.05, 0.1) is 6.54 Å². The highest BCUT2D eigenvalue weighted by Crippen LogP contribution is 2.33. The Morgan fingerprint density at radius 1 is 1.04 bits per heavy atom. The van der Waals surface area contributed by atoms with Crippen molar-refractivity contribution in [3.63, 3.8) is 0 Å². The van der Waals surface area contributed by atoms with E-state index in [1.54, 1.807) is 12.1 Å². The van der Waals surface area contributed by atoms with Gasteiger partial charge in [0, 0.05) is 5.56 Å². The fraction of sp³-hybridized carbons (Fsp3) is 0.318. The van der Waals surface area contributed by atoms with Crippen molar-refractivity contribution in [2.45, 2.75) is 39.2 Å². The molecule has 0 spiro atoms. The summed E-state index contributed by atoms with van der Waals surface area (Å²) >= 11 is 0. The van der Waals surface area contributed by atoms with Crippen LogP contribution < -0.4 is 5.32 Å². The Morgan fingerprint density at radius 3 is 2.37 bits per heavy atom. The lowest BCUT2D eigenvalue weighted by atomic mass is 9.85. The third-order valence-electron chi connectivity index (χ3n) is 5.20. The van der Waals surface area contributed by atoms with E-state index in [9.17, 15) is 14.4 Å². The minimum Gasteiger partial charge on any atom is -0.319 e. The average Bonchev–Trinajstić information content (AvgIpc) is 2.90. The summed E-state index contributed by atoms with van der Waals surface area (Å²) in [6.45, 7) is 5.61. The van der Waals surface area contributed by atoms with Gasteiger partial charge < -0.3 is 5.32 Å². The average molecular weight is 364 g/mol. The Morgan fingerprint density at radius 2 is 1.74 bits per heavy atom. The van der Waals surface area contributed by atoms with Crippen molar-refractivity contribution in [3.8, 4) is 0 Å². The minimum atomic E-state index is -1.10. The molecule has 5 nitrogen and oxygen atoms in total. The van der Waals surface area contributed by atoms with Gasteiger partial charge in [-0.15, -0.1) is 0 Å². The maximum Gasteiger partial charge on any atom is 0.325 e. The van der Waals surface area contributed by atoms with Crippen LogP contribution in [0.3, 0.4) is 0 Å². The molecule has 1 heterocycles. The molecule has 0 radical (unpaired) electrons. The third-order valence-corrected chi connectivity index (χ3v) is 5.20. The monoisotopic (exact) mass is 364 g/mol. The van der Waals surface area contributed by atoms with E-state index in [1.807, 2.05) is 57.2 Å². The first-order valence-electron chi connectivity index (χ1n) is 9.19. The summed E-state index contributed by atoms with van der Waals surface area (Å²) < 4.78 is 0. The lowest BCUT2D eigenvalue weighted by Gasteiger charge is -2.26. The van der Waals surface area contributed by atoms with Crippen LogP contribution in [-0.2, 0) is 10.3 Å². The van der Waals surface area contributed by atoms with Crippen LogP contribution in [0.5, 0.6) is 0 Å². The first-order valence-corrected chi connectivity index (χ1v) is 9.19. The second-order valence-corrected chi connectivity index (χ2v) is 7.07. The second-order valence-electron chi connectivity index (χ2n) is 7.07. The minimum absolute atomic E-state index is 0.248. The van der Waals surface area contributed by atoms with Gasteiger partial charge in [0.25, 0.3) is 5.91 Å². The molecule has 0 unspecified atom stereocenters. The molecule has 1 aliphatic heterocycles. The number of hydrogen-bond acceptors (Lipinski definition) is 3. The van der Waals surface area contributed by atoms with Crippen LogP contribution in [0.15, 0.2) is 48.5 Å². The Balaban J connectivity index is 1.88. The summed E-state index contributed by atoms with van der Waals surface area (Å²) in [6, 6.07) is 14.1. The van der Waals surface area contributed by atoms with E-state index in [4.69, 9.17) is 0 Å². The predicted molar refractivity (Wildman–Crippen MR) is 104 cm³/mol. The molecule has 1 fully saturated rings. The highest BCUT2D eigenvalue weighted by molar-refractivity contribution is 6.11. The van der Waals surface area contributed by atoms with Gasteiger partial charge in [0.15, 0.2) is 5.78 Å².